The second kappa shape index (κ2) is 12.8. The van der Waals surface area contributed by atoms with E-state index in [4.69, 9.17) is 11.6 Å². The van der Waals surface area contributed by atoms with Crippen molar-refractivity contribution in [1.29, 1.82) is 0 Å². The molecule has 0 bridgehead atoms. The lowest BCUT2D eigenvalue weighted by Crippen LogP contribution is -2.52. The van der Waals surface area contributed by atoms with Gasteiger partial charge in [0.2, 0.25) is 21.8 Å². The molecule has 1 N–H and O–H groups in total. The monoisotopic (exact) mass is 507 g/mol. The molecule has 0 fully saturated rings. The van der Waals surface area contributed by atoms with Crippen molar-refractivity contribution in [2.24, 2.45) is 0 Å². The van der Waals surface area contributed by atoms with Crippen LogP contribution in [0.5, 0.6) is 0 Å². The van der Waals surface area contributed by atoms with E-state index in [9.17, 15) is 18.0 Å². The Morgan fingerprint density at radius 1 is 1.03 bits per heavy atom. The molecular formula is C25H34ClN3O4S. The van der Waals surface area contributed by atoms with E-state index in [-0.39, 0.29) is 12.5 Å². The van der Waals surface area contributed by atoms with Crippen molar-refractivity contribution >= 4 is 39.1 Å². The van der Waals surface area contributed by atoms with Crippen molar-refractivity contribution in [3.63, 3.8) is 0 Å². The number of hydrogen-bond donors (Lipinski definition) is 1. The number of unbranched alkanes of at least 4 members (excludes halogenated alkanes) is 1. The topological polar surface area (TPSA) is 86.8 Å². The Morgan fingerprint density at radius 3 is 2.18 bits per heavy atom. The Balaban J connectivity index is 2.37. The molecule has 0 spiro atoms. The number of nitrogens with zero attached hydrogens (tertiary/aromatic N) is 2. The van der Waals surface area contributed by atoms with Gasteiger partial charge in [0.25, 0.3) is 0 Å². The van der Waals surface area contributed by atoms with Gasteiger partial charge in [-0.05, 0) is 49.6 Å². The maximum absolute atomic E-state index is 13.6. The number of carbonyl (C=O) groups is 2. The minimum Gasteiger partial charge on any atom is -0.354 e. The summed E-state index contributed by atoms with van der Waals surface area (Å²) in [7, 11) is -3.74. The molecule has 0 radical (unpaired) electrons. The van der Waals surface area contributed by atoms with Crippen LogP contribution in [0.1, 0.15) is 44.2 Å². The van der Waals surface area contributed by atoms with Gasteiger partial charge < -0.3 is 10.2 Å². The standard InChI is InChI=1S/C25H34ClN3O4S/c1-5-7-16-27-25(31)23(6-2)28(17-20-10-12-21(26)13-11-20)24(30)18-29(34(4,32)33)22-14-8-19(3)9-15-22/h8-15,23H,5-7,16-18H2,1-4H3,(H,27,31). The lowest BCUT2D eigenvalue weighted by atomic mass is 10.1. The van der Waals surface area contributed by atoms with Gasteiger partial charge in [0.1, 0.15) is 12.6 Å². The second-order valence-electron chi connectivity index (χ2n) is 8.32. The third kappa shape index (κ3) is 8.02. The van der Waals surface area contributed by atoms with Crippen LogP contribution < -0.4 is 9.62 Å². The van der Waals surface area contributed by atoms with Crippen LogP contribution in [-0.4, -0.2) is 50.5 Å². The number of anilines is 1. The number of halogens is 1. The van der Waals surface area contributed by atoms with Crippen molar-refractivity contribution in [3.05, 3.63) is 64.7 Å². The highest BCUT2D eigenvalue weighted by atomic mass is 35.5. The largest absolute Gasteiger partial charge is 0.354 e. The second-order valence-corrected chi connectivity index (χ2v) is 10.7. The third-order valence-corrected chi connectivity index (χ3v) is 6.88. The van der Waals surface area contributed by atoms with Gasteiger partial charge >= 0.3 is 0 Å². The van der Waals surface area contributed by atoms with Crippen LogP contribution in [0.15, 0.2) is 48.5 Å². The molecule has 0 aliphatic heterocycles. The molecule has 2 aromatic carbocycles. The van der Waals surface area contributed by atoms with E-state index in [0.717, 1.165) is 34.5 Å². The summed E-state index contributed by atoms with van der Waals surface area (Å²) in [6.45, 7) is 6.03. The van der Waals surface area contributed by atoms with Gasteiger partial charge in [-0.2, -0.15) is 0 Å². The van der Waals surface area contributed by atoms with Gasteiger partial charge in [-0.15, -0.1) is 0 Å². The number of aryl methyl sites for hydroxylation is 1. The molecule has 34 heavy (non-hydrogen) atoms. The highest BCUT2D eigenvalue weighted by Gasteiger charge is 2.31. The predicted molar refractivity (Wildman–Crippen MR) is 137 cm³/mol. The molecule has 7 nitrogen and oxygen atoms in total. The molecule has 0 heterocycles. The van der Waals surface area contributed by atoms with Gasteiger partial charge in [-0.3, -0.25) is 13.9 Å². The molecular weight excluding hydrogens is 474 g/mol. The van der Waals surface area contributed by atoms with Crippen LogP contribution in [0.4, 0.5) is 5.69 Å². The molecule has 9 heteroatoms. The van der Waals surface area contributed by atoms with Crippen molar-refractivity contribution in [2.75, 3.05) is 23.7 Å². The van der Waals surface area contributed by atoms with Crippen LogP contribution in [0, 0.1) is 6.92 Å². The Kier molecular flexibility index (Phi) is 10.4. The number of benzene rings is 2. The number of sulfonamides is 1. The molecule has 0 aromatic heterocycles. The van der Waals surface area contributed by atoms with Crippen molar-refractivity contribution in [2.45, 2.75) is 52.6 Å². The van der Waals surface area contributed by atoms with E-state index in [1.54, 1.807) is 48.5 Å². The Hall–Kier alpha value is -2.58. The fraction of sp³-hybridized carbons (Fsp3) is 0.440. The van der Waals surface area contributed by atoms with E-state index in [1.807, 2.05) is 20.8 Å². The lowest BCUT2D eigenvalue weighted by Gasteiger charge is -2.33. The van der Waals surface area contributed by atoms with Gasteiger partial charge in [0.15, 0.2) is 0 Å². The molecule has 0 aliphatic carbocycles. The van der Waals surface area contributed by atoms with E-state index in [0.29, 0.717) is 23.7 Å². The van der Waals surface area contributed by atoms with Crippen LogP contribution >= 0.6 is 11.6 Å². The molecule has 2 amide bonds. The molecule has 1 unspecified atom stereocenters. The van der Waals surface area contributed by atoms with Gasteiger partial charge in [-0.25, -0.2) is 8.42 Å². The summed E-state index contributed by atoms with van der Waals surface area (Å²) in [4.78, 5) is 28.0. The first-order valence-electron chi connectivity index (χ1n) is 11.4. The molecule has 0 aliphatic rings. The summed E-state index contributed by atoms with van der Waals surface area (Å²) in [5, 5.41) is 3.46. The third-order valence-electron chi connectivity index (χ3n) is 5.48. The Morgan fingerprint density at radius 2 is 1.65 bits per heavy atom. The highest BCUT2D eigenvalue weighted by molar-refractivity contribution is 7.92. The molecule has 186 valence electrons. The Labute approximate surface area is 208 Å². The summed E-state index contributed by atoms with van der Waals surface area (Å²) in [5.41, 5.74) is 2.16. The summed E-state index contributed by atoms with van der Waals surface area (Å²) in [6, 6.07) is 13.2. The van der Waals surface area contributed by atoms with Crippen LogP contribution in [-0.2, 0) is 26.2 Å². The van der Waals surface area contributed by atoms with E-state index in [2.05, 4.69) is 5.32 Å². The summed E-state index contributed by atoms with van der Waals surface area (Å²) < 4.78 is 26.2. The maximum Gasteiger partial charge on any atom is 0.244 e. The molecule has 2 aromatic rings. The highest BCUT2D eigenvalue weighted by Crippen LogP contribution is 2.20. The number of carbonyl (C=O) groups excluding carboxylic acids is 2. The van der Waals surface area contributed by atoms with Crippen molar-refractivity contribution < 1.29 is 18.0 Å². The van der Waals surface area contributed by atoms with Gasteiger partial charge in [-0.1, -0.05) is 61.7 Å². The fourth-order valence-corrected chi connectivity index (χ4v) is 4.51. The van der Waals surface area contributed by atoms with E-state index in [1.165, 1.54) is 4.90 Å². The summed E-state index contributed by atoms with van der Waals surface area (Å²) in [5.74, 6) is -0.710. The number of rotatable bonds is 12. The molecule has 1 atom stereocenters. The van der Waals surface area contributed by atoms with E-state index < -0.39 is 28.5 Å². The first kappa shape index (κ1) is 27.7. The zero-order valence-electron chi connectivity index (χ0n) is 20.3. The molecule has 0 saturated carbocycles. The first-order chi connectivity index (χ1) is 16.1. The zero-order valence-corrected chi connectivity index (χ0v) is 21.8. The molecule has 0 saturated heterocycles. The number of amides is 2. The molecule has 2 rings (SSSR count). The quantitative estimate of drug-likeness (QED) is 0.437. The van der Waals surface area contributed by atoms with Crippen LogP contribution in [0.25, 0.3) is 0 Å². The van der Waals surface area contributed by atoms with Crippen molar-refractivity contribution in [1.82, 2.24) is 10.2 Å². The van der Waals surface area contributed by atoms with Gasteiger partial charge in [0.05, 0.1) is 11.9 Å². The number of nitrogens with one attached hydrogen (secondary N) is 1. The van der Waals surface area contributed by atoms with Crippen LogP contribution in [0.2, 0.25) is 5.02 Å². The maximum atomic E-state index is 13.6. The normalized spacial score (nSPS) is 12.1. The summed E-state index contributed by atoms with van der Waals surface area (Å²) in [6.07, 6.45) is 3.23. The average molecular weight is 508 g/mol. The lowest BCUT2D eigenvalue weighted by molar-refractivity contribution is -0.140. The fourth-order valence-electron chi connectivity index (χ4n) is 3.54. The van der Waals surface area contributed by atoms with Crippen molar-refractivity contribution in [3.8, 4) is 0 Å². The smallest absolute Gasteiger partial charge is 0.244 e. The minimum atomic E-state index is -3.74. The average Bonchev–Trinajstić information content (AvgIpc) is 2.78. The minimum absolute atomic E-state index is 0.154. The summed E-state index contributed by atoms with van der Waals surface area (Å²) >= 11 is 6.00. The van der Waals surface area contributed by atoms with E-state index >= 15 is 0 Å². The Bertz CT molecular complexity index is 1060. The number of hydrogen-bond acceptors (Lipinski definition) is 4. The predicted octanol–water partition coefficient (Wildman–Crippen LogP) is 4.14. The van der Waals surface area contributed by atoms with Crippen LogP contribution in [0.3, 0.4) is 0 Å². The van der Waals surface area contributed by atoms with Gasteiger partial charge in [0, 0.05) is 18.1 Å². The zero-order chi connectivity index (χ0) is 25.3. The SMILES string of the molecule is CCCCNC(=O)C(CC)N(Cc1ccc(Cl)cc1)C(=O)CN(c1ccc(C)cc1)S(C)(=O)=O. The first-order valence-corrected chi connectivity index (χ1v) is 13.7.